The molecule has 0 aliphatic heterocycles. The number of nitro benzene ring substituents is 1. The van der Waals surface area contributed by atoms with Crippen LogP contribution in [0.25, 0.3) is 0 Å². The SMILES string of the molecule is COc1ccc(N)c([N+](=O)[O-])c1.Cl. The number of methoxy groups -OCH3 is 1. The predicted molar refractivity (Wildman–Crippen MR) is 51.3 cm³/mol. The highest BCUT2D eigenvalue weighted by Gasteiger charge is 2.11. The summed E-state index contributed by atoms with van der Waals surface area (Å²) >= 11 is 0. The van der Waals surface area contributed by atoms with Gasteiger partial charge in [-0.2, -0.15) is 0 Å². The monoisotopic (exact) mass is 204 g/mol. The summed E-state index contributed by atoms with van der Waals surface area (Å²) in [7, 11) is 1.44. The van der Waals surface area contributed by atoms with E-state index in [0.29, 0.717) is 5.75 Å². The van der Waals surface area contributed by atoms with Gasteiger partial charge < -0.3 is 10.5 Å². The minimum absolute atomic E-state index is 0. The zero-order chi connectivity index (χ0) is 9.14. The number of hydrogen-bond acceptors (Lipinski definition) is 4. The third-order valence-electron chi connectivity index (χ3n) is 1.43. The molecule has 2 N–H and O–H groups in total. The number of nitro groups is 1. The number of ether oxygens (including phenoxy) is 1. The van der Waals surface area contributed by atoms with E-state index in [1.54, 1.807) is 6.07 Å². The molecule has 0 aliphatic carbocycles. The minimum atomic E-state index is -0.544. The van der Waals surface area contributed by atoms with Gasteiger partial charge in [-0.15, -0.1) is 12.4 Å². The molecule has 1 rings (SSSR count). The van der Waals surface area contributed by atoms with E-state index in [9.17, 15) is 10.1 Å². The first-order chi connectivity index (χ1) is 5.65. The van der Waals surface area contributed by atoms with Crippen molar-refractivity contribution in [2.75, 3.05) is 12.8 Å². The molecule has 0 aromatic heterocycles. The van der Waals surface area contributed by atoms with Crippen molar-refractivity contribution in [2.45, 2.75) is 0 Å². The van der Waals surface area contributed by atoms with Gasteiger partial charge in [0.1, 0.15) is 11.4 Å². The summed E-state index contributed by atoms with van der Waals surface area (Å²) in [6, 6.07) is 4.30. The number of nitrogens with two attached hydrogens (primary N) is 1. The molecule has 0 amide bonds. The Morgan fingerprint density at radius 3 is 2.62 bits per heavy atom. The summed E-state index contributed by atoms with van der Waals surface area (Å²) < 4.78 is 4.80. The second kappa shape index (κ2) is 4.51. The summed E-state index contributed by atoms with van der Waals surface area (Å²) in [6.45, 7) is 0. The van der Waals surface area contributed by atoms with Gasteiger partial charge in [0, 0.05) is 0 Å². The number of nitrogen functional groups attached to an aromatic ring is 1. The van der Waals surface area contributed by atoms with Gasteiger partial charge in [0.25, 0.3) is 5.69 Å². The van der Waals surface area contributed by atoms with E-state index in [0.717, 1.165) is 0 Å². The Balaban J connectivity index is 0.00000144. The summed E-state index contributed by atoms with van der Waals surface area (Å²) in [5.41, 5.74) is 5.36. The average molecular weight is 205 g/mol. The first kappa shape index (κ1) is 11.5. The Kier molecular flexibility index (Phi) is 4.00. The molecule has 0 spiro atoms. The quantitative estimate of drug-likeness (QED) is 0.451. The standard InChI is InChI=1S/C7H8N2O3.ClH/c1-12-5-2-3-6(8)7(4-5)9(10)11;/h2-4H,8H2,1H3;1H. The highest BCUT2D eigenvalue weighted by atomic mass is 35.5. The molecule has 0 saturated carbocycles. The molecule has 0 unspecified atom stereocenters. The lowest BCUT2D eigenvalue weighted by atomic mass is 10.2. The van der Waals surface area contributed by atoms with E-state index in [4.69, 9.17) is 10.5 Å². The summed E-state index contributed by atoms with van der Waals surface area (Å²) in [5.74, 6) is 0.427. The van der Waals surface area contributed by atoms with Crippen molar-refractivity contribution in [2.24, 2.45) is 0 Å². The molecule has 1 aromatic carbocycles. The van der Waals surface area contributed by atoms with Crippen LogP contribution in [0, 0.1) is 10.1 Å². The highest BCUT2D eigenvalue weighted by molar-refractivity contribution is 5.85. The minimum Gasteiger partial charge on any atom is -0.496 e. The molecule has 13 heavy (non-hydrogen) atoms. The topological polar surface area (TPSA) is 78.4 Å². The second-order valence-corrected chi connectivity index (χ2v) is 2.18. The number of nitrogens with zero attached hydrogens (tertiary/aromatic N) is 1. The molecule has 0 atom stereocenters. The maximum atomic E-state index is 10.4. The van der Waals surface area contributed by atoms with Crippen LogP contribution in [0.3, 0.4) is 0 Å². The molecule has 0 bridgehead atoms. The van der Waals surface area contributed by atoms with Crippen molar-refractivity contribution in [3.63, 3.8) is 0 Å². The van der Waals surface area contributed by atoms with Crippen LogP contribution in [-0.4, -0.2) is 12.0 Å². The van der Waals surface area contributed by atoms with Gasteiger partial charge in [-0.1, -0.05) is 0 Å². The lowest BCUT2D eigenvalue weighted by Crippen LogP contribution is -1.95. The lowest BCUT2D eigenvalue weighted by Gasteiger charge is -2.00. The molecule has 5 nitrogen and oxygen atoms in total. The number of benzene rings is 1. The van der Waals surface area contributed by atoms with Gasteiger partial charge in [-0.05, 0) is 12.1 Å². The maximum Gasteiger partial charge on any atom is 0.295 e. The van der Waals surface area contributed by atoms with Crippen molar-refractivity contribution in [1.82, 2.24) is 0 Å². The fraction of sp³-hybridized carbons (Fsp3) is 0.143. The Labute approximate surface area is 81.1 Å². The van der Waals surface area contributed by atoms with Crippen molar-refractivity contribution < 1.29 is 9.66 Å². The third-order valence-corrected chi connectivity index (χ3v) is 1.43. The van der Waals surface area contributed by atoms with Crippen LogP contribution >= 0.6 is 12.4 Å². The Morgan fingerprint density at radius 1 is 1.54 bits per heavy atom. The van der Waals surface area contributed by atoms with Crippen LogP contribution in [0.15, 0.2) is 18.2 Å². The molecule has 0 heterocycles. The van der Waals surface area contributed by atoms with Crippen molar-refractivity contribution in [1.29, 1.82) is 0 Å². The van der Waals surface area contributed by atoms with Gasteiger partial charge in [-0.25, -0.2) is 0 Å². The van der Waals surface area contributed by atoms with Crippen LogP contribution < -0.4 is 10.5 Å². The van der Waals surface area contributed by atoms with Crippen LogP contribution in [0.1, 0.15) is 0 Å². The number of anilines is 1. The Bertz CT molecular complexity index is 317. The van der Waals surface area contributed by atoms with E-state index in [1.165, 1.54) is 19.2 Å². The fourth-order valence-corrected chi connectivity index (χ4v) is 0.809. The Morgan fingerprint density at radius 2 is 2.15 bits per heavy atom. The molecule has 72 valence electrons. The molecule has 0 radical (unpaired) electrons. The third kappa shape index (κ3) is 2.48. The molecule has 0 aliphatic rings. The highest BCUT2D eigenvalue weighted by Crippen LogP contribution is 2.25. The van der Waals surface area contributed by atoms with E-state index in [2.05, 4.69) is 0 Å². The summed E-state index contributed by atoms with van der Waals surface area (Å²) in [6.07, 6.45) is 0. The van der Waals surface area contributed by atoms with Crippen LogP contribution in [-0.2, 0) is 0 Å². The first-order valence-corrected chi connectivity index (χ1v) is 3.23. The van der Waals surface area contributed by atoms with Crippen molar-refractivity contribution in [3.05, 3.63) is 28.3 Å². The van der Waals surface area contributed by atoms with Gasteiger partial charge >= 0.3 is 0 Å². The van der Waals surface area contributed by atoms with Crippen molar-refractivity contribution in [3.8, 4) is 5.75 Å². The van der Waals surface area contributed by atoms with Gasteiger partial charge in [0.2, 0.25) is 0 Å². The number of halogens is 1. The summed E-state index contributed by atoms with van der Waals surface area (Å²) in [4.78, 5) is 9.82. The maximum absolute atomic E-state index is 10.4. The van der Waals surface area contributed by atoms with Gasteiger partial charge in [-0.3, -0.25) is 10.1 Å². The molecular weight excluding hydrogens is 196 g/mol. The van der Waals surface area contributed by atoms with Gasteiger partial charge in [0.15, 0.2) is 0 Å². The summed E-state index contributed by atoms with van der Waals surface area (Å²) in [5, 5.41) is 10.4. The largest absolute Gasteiger partial charge is 0.496 e. The molecular formula is C7H9ClN2O3. The number of hydrogen-bond donors (Lipinski definition) is 1. The second-order valence-electron chi connectivity index (χ2n) is 2.18. The zero-order valence-corrected chi connectivity index (χ0v) is 7.71. The average Bonchev–Trinajstić information content (AvgIpc) is 2.05. The zero-order valence-electron chi connectivity index (χ0n) is 6.89. The number of rotatable bonds is 2. The van der Waals surface area contributed by atoms with Crippen molar-refractivity contribution >= 4 is 23.8 Å². The van der Waals surface area contributed by atoms with Gasteiger partial charge in [0.05, 0.1) is 18.1 Å². The van der Waals surface area contributed by atoms with E-state index in [1.807, 2.05) is 0 Å². The Hall–Kier alpha value is -1.49. The van der Waals surface area contributed by atoms with E-state index >= 15 is 0 Å². The lowest BCUT2D eigenvalue weighted by molar-refractivity contribution is -0.384. The predicted octanol–water partition coefficient (Wildman–Crippen LogP) is 1.61. The van der Waals surface area contributed by atoms with E-state index in [-0.39, 0.29) is 23.8 Å². The smallest absolute Gasteiger partial charge is 0.295 e. The molecule has 1 aromatic rings. The fourth-order valence-electron chi connectivity index (χ4n) is 0.809. The van der Waals surface area contributed by atoms with Crippen LogP contribution in [0.2, 0.25) is 0 Å². The molecule has 0 fully saturated rings. The van der Waals surface area contributed by atoms with Crippen LogP contribution in [0.5, 0.6) is 5.75 Å². The molecule has 6 heteroatoms. The van der Waals surface area contributed by atoms with Crippen LogP contribution in [0.4, 0.5) is 11.4 Å². The normalized spacial score (nSPS) is 8.69. The molecule has 0 saturated heterocycles. The van der Waals surface area contributed by atoms with E-state index < -0.39 is 4.92 Å². The first-order valence-electron chi connectivity index (χ1n) is 3.23.